The smallest absolute Gasteiger partial charge is 0.220 e. The van der Waals surface area contributed by atoms with Gasteiger partial charge in [-0.1, -0.05) is 61.8 Å². The maximum Gasteiger partial charge on any atom is 0.220 e. The highest BCUT2D eigenvalue weighted by Gasteiger charge is 2.23. The number of hydrogen-bond donors (Lipinski definition) is 2. The van der Waals surface area contributed by atoms with Gasteiger partial charge in [0, 0.05) is 41.0 Å². The molecule has 0 saturated heterocycles. The Morgan fingerprint density at radius 1 is 1.12 bits per heavy atom. The molecule has 0 unspecified atom stereocenters. The number of nitrogens with one attached hydrogen (secondary N) is 2. The summed E-state index contributed by atoms with van der Waals surface area (Å²) in [6.07, 6.45) is 4.30. The van der Waals surface area contributed by atoms with Crippen molar-refractivity contribution in [3.63, 3.8) is 0 Å². The van der Waals surface area contributed by atoms with E-state index in [0.717, 1.165) is 34.9 Å². The molecule has 1 atom stereocenters. The SMILES string of the molecule is CCCNC(=O)C[C@@H](c1ccccc1Cl)c1c[nH]c2c(CC)cccc12. The highest BCUT2D eigenvalue weighted by Crippen LogP contribution is 2.37. The largest absolute Gasteiger partial charge is 0.361 e. The van der Waals surface area contributed by atoms with Crippen LogP contribution in [-0.4, -0.2) is 17.4 Å². The number of halogens is 1. The average Bonchev–Trinajstić information content (AvgIpc) is 3.09. The van der Waals surface area contributed by atoms with Crippen LogP contribution in [0.1, 0.15) is 49.3 Å². The normalized spacial score (nSPS) is 12.3. The Morgan fingerprint density at radius 2 is 1.92 bits per heavy atom. The minimum absolute atomic E-state index is 0.0535. The van der Waals surface area contributed by atoms with Gasteiger partial charge in [-0.3, -0.25) is 4.79 Å². The van der Waals surface area contributed by atoms with Crippen LogP contribution in [-0.2, 0) is 11.2 Å². The Balaban J connectivity index is 2.06. The summed E-state index contributed by atoms with van der Waals surface area (Å²) >= 11 is 6.49. The van der Waals surface area contributed by atoms with E-state index in [9.17, 15) is 4.79 Å². The number of rotatable bonds is 7. The van der Waals surface area contributed by atoms with Crippen LogP contribution < -0.4 is 5.32 Å². The van der Waals surface area contributed by atoms with E-state index in [4.69, 9.17) is 11.6 Å². The van der Waals surface area contributed by atoms with Crippen LogP contribution in [0.15, 0.2) is 48.7 Å². The summed E-state index contributed by atoms with van der Waals surface area (Å²) < 4.78 is 0. The topological polar surface area (TPSA) is 44.9 Å². The number of hydrogen-bond acceptors (Lipinski definition) is 1. The Hall–Kier alpha value is -2.26. The molecular weight excluding hydrogens is 344 g/mol. The molecule has 3 aromatic rings. The zero-order valence-electron chi connectivity index (χ0n) is 15.3. The van der Waals surface area contributed by atoms with Crippen molar-refractivity contribution < 1.29 is 4.79 Å². The molecule has 2 N–H and O–H groups in total. The number of aromatic amines is 1. The molecule has 0 fully saturated rings. The van der Waals surface area contributed by atoms with Crippen LogP contribution in [0.2, 0.25) is 5.02 Å². The number of H-pyrrole nitrogens is 1. The molecule has 0 aliphatic heterocycles. The number of fused-ring (bicyclic) bond motifs is 1. The predicted octanol–water partition coefficient (Wildman–Crippen LogP) is 5.43. The Kier molecular flexibility index (Phi) is 6.00. The second kappa shape index (κ2) is 8.41. The third kappa shape index (κ3) is 3.78. The molecule has 0 aliphatic carbocycles. The zero-order valence-corrected chi connectivity index (χ0v) is 16.1. The van der Waals surface area contributed by atoms with E-state index in [1.54, 1.807) is 0 Å². The van der Waals surface area contributed by atoms with Crippen LogP contribution in [0.4, 0.5) is 0 Å². The number of aryl methyl sites for hydroxylation is 1. The van der Waals surface area contributed by atoms with E-state index in [2.05, 4.69) is 42.3 Å². The fourth-order valence-corrected chi connectivity index (χ4v) is 3.76. The first-order valence-corrected chi connectivity index (χ1v) is 9.63. The van der Waals surface area contributed by atoms with Crippen molar-refractivity contribution in [3.05, 3.63) is 70.4 Å². The summed E-state index contributed by atoms with van der Waals surface area (Å²) in [4.78, 5) is 15.9. The summed E-state index contributed by atoms with van der Waals surface area (Å²) in [5.41, 5.74) is 4.54. The summed E-state index contributed by atoms with van der Waals surface area (Å²) in [7, 11) is 0. The summed E-state index contributed by atoms with van der Waals surface area (Å²) in [5.74, 6) is -0.0285. The second-order valence-electron chi connectivity index (χ2n) is 6.57. The first-order valence-electron chi connectivity index (χ1n) is 9.25. The molecule has 26 heavy (non-hydrogen) atoms. The molecule has 136 valence electrons. The third-order valence-electron chi connectivity index (χ3n) is 4.83. The number of benzene rings is 2. The summed E-state index contributed by atoms with van der Waals surface area (Å²) in [6, 6.07) is 14.1. The van der Waals surface area contributed by atoms with E-state index in [-0.39, 0.29) is 11.8 Å². The van der Waals surface area contributed by atoms with Crippen LogP contribution in [0.5, 0.6) is 0 Å². The highest BCUT2D eigenvalue weighted by atomic mass is 35.5. The molecule has 0 saturated carbocycles. The molecular formula is C22H25ClN2O. The van der Waals surface area contributed by atoms with Gasteiger partial charge < -0.3 is 10.3 Å². The lowest BCUT2D eigenvalue weighted by Gasteiger charge is -2.18. The molecule has 2 aromatic carbocycles. The Bertz CT molecular complexity index is 900. The lowest BCUT2D eigenvalue weighted by atomic mass is 9.87. The summed E-state index contributed by atoms with van der Waals surface area (Å²) in [5, 5.41) is 4.85. The van der Waals surface area contributed by atoms with Gasteiger partial charge in [-0.15, -0.1) is 0 Å². The second-order valence-corrected chi connectivity index (χ2v) is 6.97. The third-order valence-corrected chi connectivity index (χ3v) is 5.18. The lowest BCUT2D eigenvalue weighted by Crippen LogP contribution is -2.26. The van der Waals surface area contributed by atoms with Gasteiger partial charge in [-0.25, -0.2) is 0 Å². The first kappa shape index (κ1) is 18.5. The molecule has 1 heterocycles. The molecule has 3 rings (SSSR count). The molecule has 0 radical (unpaired) electrons. The molecule has 3 nitrogen and oxygen atoms in total. The van der Waals surface area contributed by atoms with Crippen molar-refractivity contribution in [1.29, 1.82) is 0 Å². The lowest BCUT2D eigenvalue weighted by molar-refractivity contribution is -0.121. The number of aromatic nitrogens is 1. The summed E-state index contributed by atoms with van der Waals surface area (Å²) in [6.45, 7) is 4.90. The highest BCUT2D eigenvalue weighted by molar-refractivity contribution is 6.31. The minimum atomic E-state index is -0.0820. The van der Waals surface area contributed by atoms with Gasteiger partial charge in [0.15, 0.2) is 0 Å². The molecule has 0 spiro atoms. The predicted molar refractivity (Wildman–Crippen MR) is 109 cm³/mol. The number of carbonyl (C=O) groups excluding carboxylic acids is 1. The fraction of sp³-hybridized carbons (Fsp3) is 0.318. The monoisotopic (exact) mass is 368 g/mol. The van der Waals surface area contributed by atoms with Crippen molar-refractivity contribution in [3.8, 4) is 0 Å². The van der Waals surface area contributed by atoms with Gasteiger partial charge in [0.05, 0.1) is 0 Å². The van der Waals surface area contributed by atoms with Crippen molar-refractivity contribution in [2.24, 2.45) is 0 Å². The number of para-hydroxylation sites is 1. The maximum absolute atomic E-state index is 12.5. The Labute approximate surface area is 159 Å². The molecule has 1 amide bonds. The molecule has 1 aromatic heterocycles. The quantitative estimate of drug-likeness (QED) is 0.573. The van der Waals surface area contributed by atoms with Gasteiger partial charge >= 0.3 is 0 Å². The van der Waals surface area contributed by atoms with E-state index in [0.29, 0.717) is 18.0 Å². The van der Waals surface area contributed by atoms with Gasteiger partial charge in [-0.05, 0) is 35.6 Å². The number of carbonyl (C=O) groups is 1. The van der Waals surface area contributed by atoms with Gasteiger partial charge in [0.1, 0.15) is 0 Å². The van der Waals surface area contributed by atoms with Crippen molar-refractivity contribution >= 4 is 28.4 Å². The molecule has 4 heteroatoms. The van der Waals surface area contributed by atoms with Crippen molar-refractivity contribution in [2.45, 2.75) is 39.0 Å². The minimum Gasteiger partial charge on any atom is -0.361 e. The molecule has 0 aliphatic rings. The van der Waals surface area contributed by atoms with Crippen molar-refractivity contribution in [1.82, 2.24) is 10.3 Å². The van der Waals surface area contributed by atoms with E-state index in [1.165, 1.54) is 5.56 Å². The van der Waals surface area contributed by atoms with Gasteiger partial charge in [0.2, 0.25) is 5.91 Å². The maximum atomic E-state index is 12.5. The van der Waals surface area contributed by atoms with Crippen LogP contribution >= 0.6 is 11.6 Å². The van der Waals surface area contributed by atoms with Crippen molar-refractivity contribution in [2.75, 3.05) is 6.54 Å². The standard InChI is InChI=1S/C22H25ClN2O/c1-3-12-24-21(26)13-18(16-9-5-6-11-20(16)23)19-14-25-22-15(4-2)8-7-10-17(19)22/h5-11,14,18,25H,3-4,12-13H2,1-2H3,(H,24,26)/t18-/m0/s1. The number of amides is 1. The van der Waals surface area contributed by atoms with E-state index >= 15 is 0 Å². The fourth-order valence-electron chi connectivity index (χ4n) is 3.49. The van der Waals surface area contributed by atoms with Gasteiger partial charge in [-0.2, -0.15) is 0 Å². The van der Waals surface area contributed by atoms with E-state index < -0.39 is 0 Å². The van der Waals surface area contributed by atoms with Gasteiger partial charge in [0.25, 0.3) is 0 Å². The zero-order chi connectivity index (χ0) is 18.5. The van der Waals surface area contributed by atoms with Crippen LogP contribution in [0.25, 0.3) is 10.9 Å². The van der Waals surface area contributed by atoms with Crippen LogP contribution in [0.3, 0.4) is 0 Å². The Morgan fingerprint density at radius 3 is 2.65 bits per heavy atom. The average molecular weight is 369 g/mol. The first-order chi connectivity index (χ1) is 12.7. The van der Waals surface area contributed by atoms with Crippen LogP contribution in [0, 0.1) is 0 Å². The molecule has 0 bridgehead atoms. The van der Waals surface area contributed by atoms with E-state index in [1.807, 2.05) is 30.5 Å².